The normalized spacial score (nSPS) is 18.7. The molecule has 0 bridgehead atoms. The standard InChI is InChI=1S/C10H14F3N3S/c1-7-14-9(17-15-7)16-4-2-8(3-5-16)6-10(11,12)13/h8H,2-6H2,1H3. The first-order chi connectivity index (χ1) is 7.94. The molecule has 1 aromatic heterocycles. The van der Waals surface area contributed by atoms with E-state index in [0.717, 1.165) is 11.0 Å². The molecule has 0 N–H and O–H groups in total. The molecule has 1 saturated heterocycles. The number of halogens is 3. The summed E-state index contributed by atoms with van der Waals surface area (Å²) in [6, 6.07) is 0. The molecule has 0 radical (unpaired) electrons. The van der Waals surface area contributed by atoms with E-state index in [2.05, 4.69) is 9.36 Å². The fraction of sp³-hybridized carbons (Fsp3) is 0.800. The van der Waals surface area contributed by atoms with Gasteiger partial charge in [-0.05, 0) is 25.7 Å². The number of hydrogen-bond donors (Lipinski definition) is 0. The lowest BCUT2D eigenvalue weighted by Crippen LogP contribution is -2.35. The molecule has 7 heteroatoms. The lowest BCUT2D eigenvalue weighted by molar-refractivity contribution is -0.145. The van der Waals surface area contributed by atoms with E-state index in [-0.39, 0.29) is 5.92 Å². The third kappa shape index (κ3) is 3.55. The molecule has 2 heterocycles. The van der Waals surface area contributed by atoms with Crippen LogP contribution in [0.1, 0.15) is 25.1 Å². The number of rotatable bonds is 2. The first-order valence-electron chi connectivity index (χ1n) is 5.56. The molecule has 0 saturated carbocycles. The second-order valence-corrected chi connectivity index (χ2v) is 5.10. The summed E-state index contributed by atoms with van der Waals surface area (Å²) in [4.78, 5) is 6.27. The molecule has 0 amide bonds. The average molecular weight is 265 g/mol. The molecule has 0 unspecified atom stereocenters. The van der Waals surface area contributed by atoms with Gasteiger partial charge in [-0.3, -0.25) is 0 Å². The van der Waals surface area contributed by atoms with Crippen molar-refractivity contribution in [2.45, 2.75) is 32.4 Å². The van der Waals surface area contributed by atoms with Crippen LogP contribution in [0.2, 0.25) is 0 Å². The maximum Gasteiger partial charge on any atom is 0.389 e. The average Bonchev–Trinajstić information content (AvgIpc) is 2.63. The lowest BCUT2D eigenvalue weighted by atomic mass is 9.93. The number of alkyl halides is 3. The van der Waals surface area contributed by atoms with Crippen LogP contribution in [-0.2, 0) is 0 Å². The molecule has 17 heavy (non-hydrogen) atoms. The van der Waals surface area contributed by atoms with E-state index in [0.29, 0.717) is 25.9 Å². The predicted molar refractivity (Wildman–Crippen MR) is 60.3 cm³/mol. The Labute approximate surface area is 102 Å². The van der Waals surface area contributed by atoms with Crippen LogP contribution < -0.4 is 4.90 Å². The molecule has 1 aliphatic rings. The molecule has 96 valence electrons. The highest BCUT2D eigenvalue weighted by molar-refractivity contribution is 7.09. The number of hydrogen-bond acceptors (Lipinski definition) is 4. The maximum absolute atomic E-state index is 12.2. The molecular formula is C10H14F3N3S. The second-order valence-electron chi connectivity index (χ2n) is 4.37. The van der Waals surface area contributed by atoms with Crippen molar-refractivity contribution in [3.63, 3.8) is 0 Å². The summed E-state index contributed by atoms with van der Waals surface area (Å²) in [7, 11) is 0. The summed E-state index contributed by atoms with van der Waals surface area (Å²) in [5, 5.41) is 0.827. The zero-order valence-electron chi connectivity index (χ0n) is 9.50. The Kier molecular flexibility index (Phi) is 3.56. The number of aryl methyl sites for hydroxylation is 1. The van der Waals surface area contributed by atoms with E-state index in [1.54, 1.807) is 0 Å². The van der Waals surface area contributed by atoms with Crippen molar-refractivity contribution in [2.75, 3.05) is 18.0 Å². The Morgan fingerprint density at radius 3 is 2.47 bits per heavy atom. The third-order valence-electron chi connectivity index (χ3n) is 2.92. The van der Waals surface area contributed by atoms with Crippen molar-refractivity contribution in [1.82, 2.24) is 9.36 Å². The van der Waals surface area contributed by atoms with Crippen LogP contribution in [0.15, 0.2) is 0 Å². The smallest absolute Gasteiger partial charge is 0.347 e. The van der Waals surface area contributed by atoms with Crippen LogP contribution in [0.4, 0.5) is 18.3 Å². The van der Waals surface area contributed by atoms with Gasteiger partial charge in [-0.1, -0.05) is 0 Å². The first kappa shape index (κ1) is 12.6. The quantitative estimate of drug-likeness (QED) is 0.823. The van der Waals surface area contributed by atoms with Gasteiger partial charge in [0, 0.05) is 31.0 Å². The van der Waals surface area contributed by atoms with E-state index in [9.17, 15) is 13.2 Å². The Morgan fingerprint density at radius 2 is 2.00 bits per heavy atom. The molecule has 0 atom stereocenters. The first-order valence-corrected chi connectivity index (χ1v) is 6.33. The predicted octanol–water partition coefficient (Wildman–Crippen LogP) is 3.02. The number of nitrogens with zero attached hydrogens (tertiary/aromatic N) is 3. The van der Waals surface area contributed by atoms with E-state index in [1.807, 2.05) is 11.8 Å². The minimum atomic E-state index is -4.04. The van der Waals surface area contributed by atoms with Gasteiger partial charge >= 0.3 is 6.18 Å². The minimum absolute atomic E-state index is 0.236. The van der Waals surface area contributed by atoms with Gasteiger partial charge in [-0.25, -0.2) is 4.98 Å². The van der Waals surface area contributed by atoms with Gasteiger partial charge in [-0.2, -0.15) is 17.5 Å². The zero-order chi connectivity index (χ0) is 12.5. The van der Waals surface area contributed by atoms with E-state index in [4.69, 9.17) is 0 Å². The van der Waals surface area contributed by atoms with Gasteiger partial charge in [0.05, 0.1) is 0 Å². The highest BCUT2D eigenvalue weighted by Crippen LogP contribution is 2.32. The number of anilines is 1. The second kappa shape index (κ2) is 4.80. The summed E-state index contributed by atoms with van der Waals surface area (Å²) in [6.07, 6.45) is -3.53. The van der Waals surface area contributed by atoms with Gasteiger partial charge in [0.1, 0.15) is 5.82 Å². The van der Waals surface area contributed by atoms with E-state index >= 15 is 0 Å². The van der Waals surface area contributed by atoms with Crippen LogP contribution in [0.25, 0.3) is 0 Å². The molecule has 3 nitrogen and oxygen atoms in total. The highest BCUT2D eigenvalue weighted by Gasteiger charge is 2.33. The third-order valence-corrected chi connectivity index (χ3v) is 3.79. The molecule has 2 rings (SSSR count). The highest BCUT2D eigenvalue weighted by atomic mass is 32.1. The van der Waals surface area contributed by atoms with Crippen molar-refractivity contribution >= 4 is 16.7 Å². The summed E-state index contributed by atoms with van der Waals surface area (Å²) in [5.74, 6) is 0.489. The van der Waals surface area contributed by atoms with Crippen molar-refractivity contribution in [2.24, 2.45) is 5.92 Å². The summed E-state index contributed by atoms with van der Waals surface area (Å²) < 4.78 is 40.8. The fourth-order valence-corrected chi connectivity index (χ4v) is 2.80. The summed E-state index contributed by atoms with van der Waals surface area (Å²) >= 11 is 1.31. The number of piperidine rings is 1. The van der Waals surface area contributed by atoms with Crippen LogP contribution >= 0.6 is 11.5 Å². The Morgan fingerprint density at radius 1 is 1.35 bits per heavy atom. The molecule has 1 aliphatic heterocycles. The van der Waals surface area contributed by atoms with Gasteiger partial charge in [-0.15, -0.1) is 0 Å². The van der Waals surface area contributed by atoms with Crippen molar-refractivity contribution in [3.05, 3.63) is 5.82 Å². The monoisotopic (exact) mass is 265 g/mol. The van der Waals surface area contributed by atoms with Crippen LogP contribution in [0, 0.1) is 12.8 Å². The van der Waals surface area contributed by atoms with Crippen molar-refractivity contribution in [1.29, 1.82) is 0 Å². The summed E-state index contributed by atoms with van der Waals surface area (Å²) in [6.45, 7) is 3.11. The molecule has 0 aromatic carbocycles. The topological polar surface area (TPSA) is 29.0 Å². The van der Waals surface area contributed by atoms with Crippen LogP contribution in [-0.4, -0.2) is 28.6 Å². The van der Waals surface area contributed by atoms with E-state index in [1.165, 1.54) is 11.5 Å². The van der Waals surface area contributed by atoms with Crippen molar-refractivity contribution < 1.29 is 13.2 Å². The maximum atomic E-state index is 12.2. The lowest BCUT2D eigenvalue weighted by Gasteiger charge is -2.31. The molecular weight excluding hydrogens is 251 g/mol. The fourth-order valence-electron chi connectivity index (χ4n) is 2.07. The van der Waals surface area contributed by atoms with Crippen LogP contribution in [0.3, 0.4) is 0 Å². The largest absolute Gasteiger partial charge is 0.389 e. The summed E-state index contributed by atoms with van der Waals surface area (Å²) in [5.41, 5.74) is 0. The van der Waals surface area contributed by atoms with Gasteiger partial charge in [0.2, 0.25) is 5.13 Å². The number of aromatic nitrogens is 2. The Hall–Kier alpha value is -0.850. The minimum Gasteiger partial charge on any atom is -0.347 e. The van der Waals surface area contributed by atoms with Gasteiger partial charge in [0.25, 0.3) is 0 Å². The molecule has 0 aliphatic carbocycles. The van der Waals surface area contributed by atoms with Crippen LogP contribution in [0.5, 0.6) is 0 Å². The van der Waals surface area contributed by atoms with E-state index < -0.39 is 12.6 Å². The molecule has 0 spiro atoms. The Bertz CT molecular complexity index is 369. The molecule has 1 fully saturated rings. The van der Waals surface area contributed by atoms with Gasteiger partial charge in [0.15, 0.2) is 0 Å². The Balaban J connectivity index is 1.86. The van der Waals surface area contributed by atoms with Gasteiger partial charge < -0.3 is 4.90 Å². The van der Waals surface area contributed by atoms with Crippen molar-refractivity contribution in [3.8, 4) is 0 Å². The molecule has 1 aromatic rings. The zero-order valence-corrected chi connectivity index (χ0v) is 10.3. The SMILES string of the molecule is Cc1nsc(N2CCC(CC(F)(F)F)CC2)n1.